The van der Waals surface area contributed by atoms with Crippen LogP contribution in [0.2, 0.25) is 0 Å². The van der Waals surface area contributed by atoms with Crippen LogP contribution in [0.3, 0.4) is 0 Å². The number of nitrogens with one attached hydrogen (secondary N) is 1. The van der Waals surface area contributed by atoms with Crippen LogP contribution in [0.1, 0.15) is 31.2 Å². The Balaban J connectivity index is 2.09. The van der Waals surface area contributed by atoms with E-state index in [0.29, 0.717) is 0 Å². The van der Waals surface area contributed by atoms with Crippen LogP contribution in [0.15, 0.2) is 24.5 Å². The molecule has 16 heavy (non-hydrogen) atoms. The molecule has 0 bridgehead atoms. The molecule has 1 saturated carbocycles. The number of nitrogens with zero attached hydrogens (tertiary/aromatic N) is 1. The van der Waals surface area contributed by atoms with Gasteiger partial charge in [-0.25, -0.2) is 0 Å². The third-order valence-electron chi connectivity index (χ3n) is 3.96. The molecule has 0 aliphatic heterocycles. The van der Waals surface area contributed by atoms with E-state index in [1.165, 1.54) is 31.2 Å². The Morgan fingerprint density at radius 1 is 1.38 bits per heavy atom. The van der Waals surface area contributed by atoms with Crippen molar-refractivity contribution in [3.8, 4) is 0 Å². The zero-order valence-corrected chi connectivity index (χ0v) is 9.37. The SMILES string of the molecule is NCC1(c2cnc3cc[nH]c3c2)CCCC1. The molecule has 1 fully saturated rings. The molecule has 0 aromatic carbocycles. The van der Waals surface area contributed by atoms with Crippen LogP contribution >= 0.6 is 0 Å². The lowest BCUT2D eigenvalue weighted by Gasteiger charge is -2.27. The van der Waals surface area contributed by atoms with Crippen molar-refractivity contribution < 1.29 is 0 Å². The van der Waals surface area contributed by atoms with E-state index in [2.05, 4.69) is 16.0 Å². The standard InChI is InChI=1S/C13H17N3/c14-9-13(4-1-2-5-13)10-7-12-11(16-8-10)3-6-15-12/h3,6-8,15H,1-2,4-5,9,14H2. The van der Waals surface area contributed by atoms with Crippen molar-refractivity contribution in [2.24, 2.45) is 5.73 Å². The smallest absolute Gasteiger partial charge is 0.0878 e. The second kappa shape index (κ2) is 3.59. The molecule has 0 saturated heterocycles. The number of fused-ring (bicyclic) bond motifs is 1. The van der Waals surface area contributed by atoms with Crippen molar-refractivity contribution in [3.05, 3.63) is 30.1 Å². The summed E-state index contributed by atoms with van der Waals surface area (Å²) in [5.41, 5.74) is 9.64. The van der Waals surface area contributed by atoms with Crippen molar-refractivity contribution >= 4 is 11.0 Å². The number of nitrogens with two attached hydrogens (primary N) is 1. The van der Waals surface area contributed by atoms with E-state index in [4.69, 9.17) is 5.73 Å². The van der Waals surface area contributed by atoms with Crippen LogP contribution in [0.4, 0.5) is 0 Å². The summed E-state index contributed by atoms with van der Waals surface area (Å²) in [4.78, 5) is 7.71. The Hall–Kier alpha value is -1.35. The minimum absolute atomic E-state index is 0.187. The van der Waals surface area contributed by atoms with E-state index in [-0.39, 0.29) is 5.41 Å². The highest BCUT2D eigenvalue weighted by molar-refractivity contribution is 5.75. The molecule has 0 unspecified atom stereocenters. The molecule has 3 heteroatoms. The molecule has 1 aliphatic carbocycles. The summed E-state index contributed by atoms with van der Waals surface area (Å²) in [6.07, 6.45) is 8.94. The summed E-state index contributed by atoms with van der Waals surface area (Å²) in [5, 5.41) is 0. The molecule has 2 aromatic heterocycles. The van der Waals surface area contributed by atoms with Gasteiger partial charge in [-0.15, -0.1) is 0 Å². The van der Waals surface area contributed by atoms with Gasteiger partial charge in [0, 0.05) is 24.4 Å². The average molecular weight is 215 g/mol. The summed E-state index contributed by atoms with van der Waals surface area (Å²) in [7, 11) is 0. The summed E-state index contributed by atoms with van der Waals surface area (Å²) in [6, 6.07) is 4.23. The van der Waals surface area contributed by atoms with Gasteiger partial charge in [-0.05, 0) is 30.5 Å². The summed E-state index contributed by atoms with van der Waals surface area (Å²) in [6.45, 7) is 0.737. The van der Waals surface area contributed by atoms with Crippen LogP contribution in [0, 0.1) is 0 Å². The normalized spacial score (nSPS) is 19.3. The van der Waals surface area contributed by atoms with Gasteiger partial charge in [-0.2, -0.15) is 0 Å². The highest BCUT2D eigenvalue weighted by Gasteiger charge is 2.34. The van der Waals surface area contributed by atoms with Gasteiger partial charge in [0.15, 0.2) is 0 Å². The lowest BCUT2D eigenvalue weighted by Crippen LogP contribution is -2.32. The van der Waals surface area contributed by atoms with E-state index < -0.39 is 0 Å². The second-order valence-corrected chi connectivity index (χ2v) is 4.83. The van der Waals surface area contributed by atoms with Crippen molar-refractivity contribution in [2.75, 3.05) is 6.54 Å². The van der Waals surface area contributed by atoms with Gasteiger partial charge in [-0.1, -0.05) is 12.8 Å². The molecule has 3 nitrogen and oxygen atoms in total. The highest BCUT2D eigenvalue weighted by atomic mass is 14.8. The van der Waals surface area contributed by atoms with Crippen LogP contribution in [-0.4, -0.2) is 16.5 Å². The van der Waals surface area contributed by atoms with Crippen LogP contribution in [-0.2, 0) is 5.41 Å². The van der Waals surface area contributed by atoms with Gasteiger partial charge >= 0.3 is 0 Å². The maximum atomic E-state index is 5.98. The number of aromatic amines is 1. The first kappa shape index (κ1) is 9.85. The van der Waals surface area contributed by atoms with Crippen molar-refractivity contribution in [1.82, 2.24) is 9.97 Å². The summed E-state index contributed by atoms with van der Waals surface area (Å²) in [5.74, 6) is 0. The lowest BCUT2D eigenvalue weighted by atomic mass is 9.80. The molecule has 2 aromatic rings. The summed E-state index contributed by atoms with van der Waals surface area (Å²) < 4.78 is 0. The monoisotopic (exact) mass is 215 g/mol. The Kier molecular flexibility index (Phi) is 2.21. The van der Waals surface area contributed by atoms with Gasteiger partial charge in [0.2, 0.25) is 0 Å². The van der Waals surface area contributed by atoms with Gasteiger partial charge in [-0.3, -0.25) is 4.98 Å². The van der Waals surface area contributed by atoms with Crippen LogP contribution in [0.5, 0.6) is 0 Å². The fourth-order valence-electron chi connectivity index (χ4n) is 2.89. The molecular weight excluding hydrogens is 198 g/mol. The quantitative estimate of drug-likeness (QED) is 0.807. The van der Waals surface area contributed by atoms with E-state index in [9.17, 15) is 0 Å². The Labute approximate surface area is 95.1 Å². The molecular formula is C13H17N3. The van der Waals surface area contributed by atoms with Crippen molar-refractivity contribution in [2.45, 2.75) is 31.1 Å². The van der Waals surface area contributed by atoms with Gasteiger partial charge in [0.25, 0.3) is 0 Å². The Morgan fingerprint density at radius 3 is 2.94 bits per heavy atom. The number of H-pyrrole nitrogens is 1. The first-order valence-corrected chi connectivity index (χ1v) is 5.98. The molecule has 2 heterocycles. The fraction of sp³-hybridized carbons (Fsp3) is 0.462. The number of hydrogen-bond acceptors (Lipinski definition) is 2. The molecule has 1 aliphatic rings. The number of aromatic nitrogens is 2. The Morgan fingerprint density at radius 2 is 2.19 bits per heavy atom. The topological polar surface area (TPSA) is 54.7 Å². The molecule has 0 spiro atoms. The minimum atomic E-state index is 0.187. The first-order valence-electron chi connectivity index (χ1n) is 5.98. The third kappa shape index (κ3) is 1.35. The lowest BCUT2D eigenvalue weighted by molar-refractivity contribution is 0.452. The predicted molar refractivity (Wildman–Crippen MR) is 65.3 cm³/mol. The second-order valence-electron chi connectivity index (χ2n) is 4.83. The number of rotatable bonds is 2. The van der Waals surface area contributed by atoms with Gasteiger partial charge in [0.05, 0.1) is 11.0 Å². The third-order valence-corrected chi connectivity index (χ3v) is 3.96. The maximum Gasteiger partial charge on any atom is 0.0878 e. The fourth-order valence-corrected chi connectivity index (χ4v) is 2.89. The Bertz CT molecular complexity index is 495. The van der Waals surface area contributed by atoms with Gasteiger partial charge < -0.3 is 10.7 Å². The van der Waals surface area contributed by atoms with Crippen LogP contribution < -0.4 is 5.73 Å². The molecule has 3 N–H and O–H groups in total. The summed E-state index contributed by atoms with van der Waals surface area (Å²) >= 11 is 0. The van der Waals surface area contributed by atoms with Gasteiger partial charge in [0.1, 0.15) is 0 Å². The molecule has 3 rings (SSSR count). The molecule has 0 radical (unpaired) electrons. The zero-order chi connectivity index (χ0) is 11.0. The highest BCUT2D eigenvalue weighted by Crippen LogP contribution is 2.40. The number of hydrogen-bond donors (Lipinski definition) is 2. The van der Waals surface area contributed by atoms with Crippen molar-refractivity contribution in [1.29, 1.82) is 0 Å². The van der Waals surface area contributed by atoms with Crippen molar-refractivity contribution in [3.63, 3.8) is 0 Å². The maximum absolute atomic E-state index is 5.98. The average Bonchev–Trinajstić information content (AvgIpc) is 2.97. The number of pyridine rings is 1. The predicted octanol–water partition coefficient (Wildman–Crippen LogP) is 2.33. The first-order chi connectivity index (χ1) is 7.84. The zero-order valence-electron chi connectivity index (χ0n) is 9.37. The molecule has 0 amide bonds. The van der Waals surface area contributed by atoms with E-state index in [1.807, 2.05) is 18.5 Å². The van der Waals surface area contributed by atoms with E-state index in [1.54, 1.807) is 0 Å². The largest absolute Gasteiger partial charge is 0.360 e. The van der Waals surface area contributed by atoms with E-state index >= 15 is 0 Å². The van der Waals surface area contributed by atoms with E-state index in [0.717, 1.165) is 17.6 Å². The minimum Gasteiger partial charge on any atom is -0.360 e. The van der Waals surface area contributed by atoms with Crippen LogP contribution in [0.25, 0.3) is 11.0 Å². The molecule has 84 valence electrons. The molecule has 0 atom stereocenters.